The minimum absolute atomic E-state index is 0.0335. The van der Waals surface area contributed by atoms with Gasteiger partial charge in [-0.25, -0.2) is 4.39 Å². The van der Waals surface area contributed by atoms with Crippen LogP contribution in [0, 0.1) is 12.7 Å². The molecule has 0 saturated carbocycles. The molecule has 2 amide bonds. The first-order chi connectivity index (χ1) is 16.9. The average Bonchev–Trinajstić information content (AvgIpc) is 3.24. The number of rotatable bonds is 9. The predicted octanol–water partition coefficient (Wildman–Crippen LogP) is 4.42. The summed E-state index contributed by atoms with van der Waals surface area (Å²) in [5, 5.41) is 6.25. The number of pyridine rings is 1. The third kappa shape index (κ3) is 6.04. The molecule has 0 spiro atoms. The summed E-state index contributed by atoms with van der Waals surface area (Å²) in [7, 11) is 1.42. The fourth-order valence-corrected chi connectivity index (χ4v) is 4.65. The number of aryl methyl sites for hydroxylation is 1. The number of carbonyl (C=O) groups is 2. The van der Waals surface area contributed by atoms with E-state index < -0.39 is 11.4 Å². The first kappa shape index (κ1) is 24.4. The molecule has 1 aliphatic rings. The Bertz CT molecular complexity index is 1180. The fourth-order valence-electron chi connectivity index (χ4n) is 4.65. The van der Waals surface area contributed by atoms with Crippen molar-refractivity contribution in [3.63, 3.8) is 0 Å². The Labute approximate surface area is 204 Å². The fraction of sp³-hybridized carbons (Fsp3) is 0.321. The highest BCUT2D eigenvalue weighted by Crippen LogP contribution is 2.31. The predicted molar refractivity (Wildman–Crippen MR) is 131 cm³/mol. The summed E-state index contributed by atoms with van der Waals surface area (Å²) in [4.78, 5) is 29.4. The maximum atomic E-state index is 13.9. The Morgan fingerprint density at radius 2 is 1.86 bits per heavy atom. The molecule has 35 heavy (non-hydrogen) atoms. The number of amides is 2. The van der Waals surface area contributed by atoms with Gasteiger partial charge in [-0.3, -0.25) is 14.6 Å². The molecule has 1 saturated heterocycles. The van der Waals surface area contributed by atoms with E-state index in [0.29, 0.717) is 25.7 Å². The third-order valence-electron chi connectivity index (χ3n) is 6.58. The van der Waals surface area contributed by atoms with E-state index in [-0.39, 0.29) is 30.0 Å². The van der Waals surface area contributed by atoms with Gasteiger partial charge >= 0.3 is 0 Å². The highest BCUT2D eigenvalue weighted by Gasteiger charge is 2.38. The number of nitrogens with zero attached hydrogens (tertiary/aromatic N) is 1. The number of carbonyl (C=O) groups excluding carboxylic acids is 2. The molecule has 4 rings (SSSR count). The van der Waals surface area contributed by atoms with Crippen LogP contribution < -0.4 is 15.4 Å². The Hall–Kier alpha value is -3.74. The first-order valence-corrected chi connectivity index (χ1v) is 11.8. The lowest BCUT2D eigenvalue weighted by molar-refractivity contribution is -0.123. The molecular weight excluding hydrogens is 445 g/mol. The van der Waals surface area contributed by atoms with Gasteiger partial charge in [0.1, 0.15) is 0 Å². The second-order valence-electron chi connectivity index (χ2n) is 9.17. The van der Waals surface area contributed by atoms with Gasteiger partial charge in [-0.1, -0.05) is 35.9 Å². The van der Waals surface area contributed by atoms with Crippen LogP contribution in [0.2, 0.25) is 0 Å². The number of ether oxygens (including phenoxy) is 1. The van der Waals surface area contributed by atoms with Gasteiger partial charge in [0, 0.05) is 30.8 Å². The van der Waals surface area contributed by atoms with Crippen molar-refractivity contribution in [1.82, 2.24) is 15.6 Å². The zero-order valence-corrected chi connectivity index (χ0v) is 20.0. The van der Waals surface area contributed by atoms with Gasteiger partial charge in [-0.05, 0) is 67.1 Å². The van der Waals surface area contributed by atoms with Crippen molar-refractivity contribution in [2.24, 2.45) is 0 Å². The highest BCUT2D eigenvalue weighted by atomic mass is 19.1. The smallest absolute Gasteiger partial charge is 0.220 e. The van der Waals surface area contributed by atoms with Crippen LogP contribution in [-0.4, -0.2) is 29.4 Å². The van der Waals surface area contributed by atoms with E-state index in [1.165, 1.54) is 13.2 Å². The normalized spacial score (nSPS) is 18.1. The van der Waals surface area contributed by atoms with Crippen LogP contribution in [0.4, 0.5) is 4.39 Å². The van der Waals surface area contributed by atoms with Crippen LogP contribution in [0.25, 0.3) is 0 Å². The first-order valence-electron chi connectivity index (χ1n) is 11.8. The number of hydrogen-bond acceptors (Lipinski definition) is 4. The van der Waals surface area contributed by atoms with Gasteiger partial charge in [0.05, 0.1) is 13.2 Å². The van der Waals surface area contributed by atoms with Gasteiger partial charge in [0.25, 0.3) is 0 Å². The number of nitrogens with one attached hydrogen (secondary N) is 2. The molecule has 0 radical (unpaired) electrons. The minimum Gasteiger partial charge on any atom is -0.494 e. The van der Waals surface area contributed by atoms with Crippen LogP contribution in [-0.2, 0) is 16.0 Å². The zero-order chi connectivity index (χ0) is 24.8. The molecule has 2 N–H and O–H groups in total. The Morgan fingerprint density at radius 1 is 1.14 bits per heavy atom. The molecule has 2 heterocycles. The van der Waals surface area contributed by atoms with E-state index in [0.717, 1.165) is 22.3 Å². The van der Waals surface area contributed by atoms with Crippen LogP contribution in [0.15, 0.2) is 67.0 Å². The van der Waals surface area contributed by atoms with Crippen molar-refractivity contribution >= 4 is 11.8 Å². The molecule has 182 valence electrons. The lowest BCUT2D eigenvalue weighted by atomic mass is 9.84. The SMILES string of the molecule is COc1cc(CC2(CCC(=O)NC(c3ccncc3)c3ccc(C)cc3)CCC(=O)N2)ccc1F. The van der Waals surface area contributed by atoms with Crippen LogP contribution >= 0.6 is 0 Å². The molecule has 0 bridgehead atoms. The van der Waals surface area contributed by atoms with E-state index >= 15 is 0 Å². The Morgan fingerprint density at radius 3 is 2.51 bits per heavy atom. The van der Waals surface area contributed by atoms with Crippen molar-refractivity contribution in [2.45, 2.75) is 50.6 Å². The zero-order valence-electron chi connectivity index (χ0n) is 20.0. The van der Waals surface area contributed by atoms with E-state index in [2.05, 4.69) is 15.6 Å². The molecular formula is C28H30FN3O3. The lowest BCUT2D eigenvalue weighted by Crippen LogP contribution is -2.44. The van der Waals surface area contributed by atoms with E-state index in [1.807, 2.05) is 43.3 Å². The van der Waals surface area contributed by atoms with Crippen molar-refractivity contribution in [1.29, 1.82) is 0 Å². The largest absolute Gasteiger partial charge is 0.494 e. The summed E-state index contributed by atoms with van der Waals surface area (Å²) in [6, 6.07) is 16.3. The van der Waals surface area contributed by atoms with Crippen molar-refractivity contribution in [3.8, 4) is 5.75 Å². The Kier molecular flexibility index (Phi) is 7.44. The van der Waals surface area contributed by atoms with Gasteiger partial charge in [0.15, 0.2) is 11.6 Å². The number of aromatic nitrogens is 1. The maximum Gasteiger partial charge on any atom is 0.220 e. The van der Waals surface area contributed by atoms with Gasteiger partial charge in [-0.2, -0.15) is 0 Å². The summed E-state index contributed by atoms with van der Waals surface area (Å²) < 4.78 is 19.0. The summed E-state index contributed by atoms with van der Waals surface area (Å²) in [6.45, 7) is 2.02. The number of hydrogen-bond donors (Lipinski definition) is 2. The molecule has 2 atom stereocenters. The molecule has 7 heteroatoms. The molecule has 6 nitrogen and oxygen atoms in total. The van der Waals surface area contributed by atoms with Crippen molar-refractivity contribution in [3.05, 3.63) is 95.1 Å². The summed E-state index contributed by atoms with van der Waals surface area (Å²) >= 11 is 0. The van der Waals surface area contributed by atoms with Crippen molar-refractivity contribution < 1.29 is 18.7 Å². The molecule has 2 unspecified atom stereocenters. The number of halogens is 1. The summed E-state index contributed by atoms with van der Waals surface area (Å²) in [5.74, 6) is -0.408. The number of methoxy groups -OCH3 is 1. The molecule has 2 aromatic carbocycles. The standard InChI is InChI=1S/C28H30FN3O3/c1-19-3-6-21(7-4-19)27(22-11-15-30-16-12-22)31-25(33)9-13-28(14-10-26(34)32-28)18-20-5-8-23(29)24(17-20)35-2/h3-8,11-12,15-17,27H,9-10,13-14,18H2,1-2H3,(H,31,33)(H,32,34). The second kappa shape index (κ2) is 10.7. The molecule has 0 aliphatic carbocycles. The second-order valence-corrected chi connectivity index (χ2v) is 9.17. The maximum absolute atomic E-state index is 13.9. The van der Waals surface area contributed by atoms with Crippen LogP contribution in [0.1, 0.15) is 54.0 Å². The van der Waals surface area contributed by atoms with Gasteiger partial charge in [-0.15, -0.1) is 0 Å². The van der Waals surface area contributed by atoms with Gasteiger partial charge in [0.2, 0.25) is 11.8 Å². The van der Waals surface area contributed by atoms with Crippen LogP contribution in [0.5, 0.6) is 5.75 Å². The molecule has 1 aliphatic heterocycles. The average molecular weight is 476 g/mol. The van der Waals surface area contributed by atoms with E-state index in [4.69, 9.17) is 4.74 Å². The molecule has 1 fully saturated rings. The highest BCUT2D eigenvalue weighted by molar-refractivity contribution is 5.80. The topological polar surface area (TPSA) is 80.3 Å². The summed E-state index contributed by atoms with van der Waals surface area (Å²) in [5.41, 5.74) is 3.36. The summed E-state index contributed by atoms with van der Waals surface area (Å²) in [6.07, 6.45) is 5.65. The van der Waals surface area contributed by atoms with E-state index in [9.17, 15) is 14.0 Å². The van der Waals surface area contributed by atoms with Crippen LogP contribution in [0.3, 0.4) is 0 Å². The molecule has 3 aromatic rings. The number of benzene rings is 2. The van der Waals surface area contributed by atoms with Gasteiger partial charge < -0.3 is 15.4 Å². The monoisotopic (exact) mass is 475 g/mol. The lowest BCUT2D eigenvalue weighted by Gasteiger charge is -2.30. The third-order valence-corrected chi connectivity index (χ3v) is 6.58. The molecule has 1 aromatic heterocycles. The minimum atomic E-state index is -0.562. The van der Waals surface area contributed by atoms with Crippen molar-refractivity contribution in [2.75, 3.05) is 7.11 Å². The van der Waals surface area contributed by atoms with E-state index in [1.54, 1.807) is 24.5 Å². The Balaban J connectivity index is 1.49. The quantitative estimate of drug-likeness (QED) is 0.480.